The normalized spacial score (nSPS) is 11.6. The molecule has 0 spiro atoms. The molecule has 6 heteroatoms. The zero-order valence-electron chi connectivity index (χ0n) is 17.4. The summed E-state index contributed by atoms with van der Waals surface area (Å²) in [5.74, 6) is 0.788. The molecular formula is C25H25NO4S. The average Bonchev–Trinajstić information content (AvgIpc) is 3.17. The Morgan fingerprint density at radius 3 is 2.42 bits per heavy atom. The molecule has 0 aliphatic rings. The lowest BCUT2D eigenvalue weighted by Crippen LogP contribution is -2.12. The fourth-order valence-corrected chi connectivity index (χ4v) is 4.30. The Hall–Kier alpha value is -3.09. The summed E-state index contributed by atoms with van der Waals surface area (Å²) in [6.45, 7) is 2.98. The number of ether oxygens (including phenoxy) is 1. The van der Waals surface area contributed by atoms with E-state index in [9.17, 15) is 8.42 Å². The second kappa shape index (κ2) is 9.37. The third-order valence-electron chi connectivity index (χ3n) is 5.13. The molecule has 1 heterocycles. The van der Waals surface area contributed by atoms with Gasteiger partial charge in [-0.25, -0.2) is 0 Å². The predicted molar refractivity (Wildman–Crippen MR) is 122 cm³/mol. The number of aryl methyl sites for hydroxylation is 1. The maximum Gasteiger partial charge on any atom is 0.297 e. The Morgan fingerprint density at radius 1 is 0.871 bits per heavy atom. The van der Waals surface area contributed by atoms with Crippen molar-refractivity contribution in [3.8, 4) is 5.75 Å². The number of nitrogens with zero attached hydrogens (tertiary/aromatic N) is 1. The third kappa shape index (κ3) is 5.34. The molecule has 31 heavy (non-hydrogen) atoms. The van der Waals surface area contributed by atoms with E-state index in [2.05, 4.69) is 12.1 Å². The van der Waals surface area contributed by atoms with Crippen LogP contribution < -0.4 is 4.74 Å². The largest absolute Gasteiger partial charge is 0.493 e. The lowest BCUT2D eigenvalue weighted by atomic mass is 10.2. The molecule has 0 aliphatic carbocycles. The molecule has 0 atom stereocenters. The quantitative estimate of drug-likeness (QED) is 0.348. The third-order valence-corrected chi connectivity index (χ3v) is 6.45. The van der Waals surface area contributed by atoms with E-state index in [4.69, 9.17) is 8.92 Å². The molecule has 1 aromatic heterocycles. The van der Waals surface area contributed by atoms with Crippen LogP contribution in [-0.2, 0) is 27.3 Å². The molecule has 0 saturated carbocycles. The van der Waals surface area contributed by atoms with Crippen molar-refractivity contribution in [2.45, 2.75) is 24.8 Å². The second-order valence-corrected chi connectivity index (χ2v) is 9.02. The highest BCUT2D eigenvalue weighted by atomic mass is 32.2. The zero-order valence-corrected chi connectivity index (χ0v) is 18.2. The van der Waals surface area contributed by atoms with Gasteiger partial charge in [0, 0.05) is 25.2 Å². The summed E-state index contributed by atoms with van der Waals surface area (Å²) in [5, 5.41) is 1.07. The Bertz CT molecular complexity index is 1250. The highest BCUT2D eigenvalue weighted by molar-refractivity contribution is 7.86. The number of aromatic nitrogens is 1. The van der Waals surface area contributed by atoms with Crippen molar-refractivity contribution in [3.05, 3.63) is 96.2 Å². The monoisotopic (exact) mass is 435 g/mol. The minimum Gasteiger partial charge on any atom is -0.493 e. The molecule has 3 aromatic carbocycles. The van der Waals surface area contributed by atoms with E-state index in [0.717, 1.165) is 28.6 Å². The van der Waals surface area contributed by atoms with Gasteiger partial charge in [0.2, 0.25) is 0 Å². The van der Waals surface area contributed by atoms with Crippen LogP contribution in [0.3, 0.4) is 0 Å². The molecule has 4 aromatic rings. The van der Waals surface area contributed by atoms with Gasteiger partial charge in [0.25, 0.3) is 10.1 Å². The van der Waals surface area contributed by atoms with Gasteiger partial charge in [-0.2, -0.15) is 8.42 Å². The minimum absolute atomic E-state index is 0.0546. The lowest BCUT2D eigenvalue weighted by molar-refractivity contribution is 0.302. The van der Waals surface area contributed by atoms with Gasteiger partial charge in [0.15, 0.2) is 0 Å². The van der Waals surface area contributed by atoms with Gasteiger partial charge in [0.1, 0.15) is 5.75 Å². The number of benzene rings is 3. The van der Waals surface area contributed by atoms with E-state index < -0.39 is 10.1 Å². The van der Waals surface area contributed by atoms with E-state index in [1.54, 1.807) is 24.3 Å². The van der Waals surface area contributed by atoms with E-state index >= 15 is 0 Å². The van der Waals surface area contributed by atoms with Crippen LogP contribution in [0.15, 0.2) is 90.0 Å². The Kier molecular flexibility index (Phi) is 6.39. The number of rotatable bonds is 9. The van der Waals surface area contributed by atoms with Crippen molar-refractivity contribution in [2.24, 2.45) is 0 Å². The summed E-state index contributed by atoms with van der Waals surface area (Å²) in [5.41, 5.74) is 3.21. The second-order valence-electron chi connectivity index (χ2n) is 7.40. The van der Waals surface area contributed by atoms with Crippen LogP contribution in [0.1, 0.15) is 11.1 Å². The maximum absolute atomic E-state index is 12.4. The molecule has 4 rings (SSSR count). The molecule has 0 radical (unpaired) electrons. The van der Waals surface area contributed by atoms with Crippen LogP contribution in [-0.4, -0.2) is 26.2 Å². The number of hydrogen-bond acceptors (Lipinski definition) is 4. The summed E-state index contributed by atoms with van der Waals surface area (Å²) in [6.07, 6.45) is 2.77. The molecule has 160 valence electrons. The van der Waals surface area contributed by atoms with Crippen LogP contribution in [0.5, 0.6) is 5.75 Å². The van der Waals surface area contributed by atoms with Crippen LogP contribution in [0.25, 0.3) is 10.9 Å². The summed E-state index contributed by atoms with van der Waals surface area (Å²) < 4.78 is 37.9. The van der Waals surface area contributed by atoms with Crippen LogP contribution in [0.4, 0.5) is 0 Å². The lowest BCUT2D eigenvalue weighted by Gasteiger charge is -2.10. The smallest absolute Gasteiger partial charge is 0.297 e. The molecule has 0 fully saturated rings. The van der Waals surface area contributed by atoms with Gasteiger partial charge < -0.3 is 9.30 Å². The van der Waals surface area contributed by atoms with E-state index in [1.807, 2.05) is 60.2 Å². The highest BCUT2D eigenvalue weighted by Gasteiger charge is 2.15. The summed E-state index contributed by atoms with van der Waals surface area (Å²) in [6, 6.07) is 24.8. The van der Waals surface area contributed by atoms with Crippen LogP contribution >= 0.6 is 0 Å². The molecule has 0 aliphatic heterocycles. The Morgan fingerprint density at radius 2 is 1.65 bits per heavy atom. The summed E-state index contributed by atoms with van der Waals surface area (Å²) in [7, 11) is -3.77. The van der Waals surface area contributed by atoms with E-state index in [1.165, 1.54) is 5.56 Å². The number of fused-ring (bicyclic) bond motifs is 1. The standard InChI is InChI=1S/C25H25NO4S/c1-20-7-11-24(12-8-20)31(27,28)30-18-16-26-15-13-22-9-10-23(19-25(22)26)29-17-14-21-5-3-2-4-6-21/h2-13,15,19H,14,16-18H2,1H3. The topological polar surface area (TPSA) is 57.5 Å². The molecular weight excluding hydrogens is 410 g/mol. The number of hydrogen-bond donors (Lipinski definition) is 0. The highest BCUT2D eigenvalue weighted by Crippen LogP contribution is 2.23. The SMILES string of the molecule is Cc1ccc(S(=O)(=O)OCCn2ccc3ccc(OCCc4ccccc4)cc32)cc1. The first kappa shape index (κ1) is 21.2. The maximum atomic E-state index is 12.4. The summed E-state index contributed by atoms with van der Waals surface area (Å²) >= 11 is 0. The predicted octanol–water partition coefficient (Wildman–Crippen LogP) is 4.98. The van der Waals surface area contributed by atoms with Crippen molar-refractivity contribution in [3.63, 3.8) is 0 Å². The van der Waals surface area contributed by atoms with Crippen molar-refractivity contribution in [2.75, 3.05) is 13.2 Å². The Balaban J connectivity index is 1.37. The van der Waals surface area contributed by atoms with E-state index in [-0.39, 0.29) is 11.5 Å². The minimum atomic E-state index is -3.77. The first-order valence-electron chi connectivity index (χ1n) is 10.2. The Labute approximate surface area is 183 Å². The van der Waals surface area contributed by atoms with Gasteiger partial charge in [-0.15, -0.1) is 0 Å². The van der Waals surface area contributed by atoms with Crippen molar-refractivity contribution >= 4 is 21.0 Å². The van der Waals surface area contributed by atoms with Gasteiger partial charge in [-0.3, -0.25) is 4.18 Å². The fourth-order valence-electron chi connectivity index (χ4n) is 3.40. The molecule has 0 N–H and O–H groups in total. The van der Waals surface area contributed by atoms with Crippen molar-refractivity contribution in [1.29, 1.82) is 0 Å². The molecule has 0 unspecified atom stereocenters. The fraction of sp³-hybridized carbons (Fsp3) is 0.200. The van der Waals surface area contributed by atoms with Gasteiger partial charge in [0.05, 0.1) is 23.6 Å². The van der Waals surface area contributed by atoms with Crippen LogP contribution in [0.2, 0.25) is 0 Å². The van der Waals surface area contributed by atoms with Gasteiger partial charge in [-0.05, 0) is 48.2 Å². The zero-order chi connectivity index (χ0) is 21.7. The first-order chi connectivity index (χ1) is 15.0. The molecule has 0 bridgehead atoms. The first-order valence-corrected chi connectivity index (χ1v) is 11.6. The van der Waals surface area contributed by atoms with Crippen LogP contribution in [0, 0.1) is 6.92 Å². The van der Waals surface area contributed by atoms with E-state index in [0.29, 0.717) is 13.2 Å². The van der Waals surface area contributed by atoms with Crippen molar-refractivity contribution < 1.29 is 17.3 Å². The average molecular weight is 436 g/mol. The summed E-state index contributed by atoms with van der Waals surface area (Å²) in [4.78, 5) is 0.171. The molecule has 0 amide bonds. The van der Waals surface area contributed by atoms with Gasteiger partial charge in [-0.1, -0.05) is 48.0 Å². The van der Waals surface area contributed by atoms with Crippen molar-refractivity contribution in [1.82, 2.24) is 4.57 Å². The van der Waals surface area contributed by atoms with Gasteiger partial charge >= 0.3 is 0 Å². The molecule has 0 saturated heterocycles. The molecule has 5 nitrogen and oxygen atoms in total.